The summed E-state index contributed by atoms with van der Waals surface area (Å²) in [5, 5.41) is 3.02. The van der Waals surface area contributed by atoms with Crippen molar-refractivity contribution in [2.75, 3.05) is 20.6 Å². The summed E-state index contributed by atoms with van der Waals surface area (Å²) in [6, 6.07) is 6.25. The van der Waals surface area contributed by atoms with Crippen molar-refractivity contribution in [3.05, 3.63) is 35.6 Å². The quantitative estimate of drug-likeness (QED) is 0.858. The Morgan fingerprint density at radius 3 is 2.32 bits per heavy atom. The lowest BCUT2D eigenvalue weighted by molar-refractivity contribution is -0.124. The summed E-state index contributed by atoms with van der Waals surface area (Å²) < 4.78 is 13.0. The molecule has 1 unspecified atom stereocenters. The molecule has 0 aliphatic carbocycles. The van der Waals surface area contributed by atoms with Crippen molar-refractivity contribution in [3.63, 3.8) is 0 Å². The zero-order valence-electron chi connectivity index (χ0n) is 12.1. The number of carbonyl (C=O) groups is 1. The Morgan fingerprint density at radius 2 is 1.84 bits per heavy atom. The topological polar surface area (TPSA) is 32.3 Å². The van der Waals surface area contributed by atoms with Gasteiger partial charge in [0, 0.05) is 5.92 Å². The van der Waals surface area contributed by atoms with E-state index >= 15 is 0 Å². The minimum absolute atomic E-state index is 0.0214. The average molecular weight is 266 g/mol. The number of hydrogen-bond acceptors (Lipinski definition) is 2. The van der Waals surface area contributed by atoms with Gasteiger partial charge in [0.05, 0.1) is 6.04 Å². The van der Waals surface area contributed by atoms with Gasteiger partial charge in [0.2, 0.25) is 5.91 Å². The molecule has 0 saturated heterocycles. The van der Waals surface area contributed by atoms with Gasteiger partial charge >= 0.3 is 0 Å². The van der Waals surface area contributed by atoms with Crippen molar-refractivity contribution in [3.8, 4) is 0 Å². The summed E-state index contributed by atoms with van der Waals surface area (Å²) in [6.45, 7) is 4.59. The van der Waals surface area contributed by atoms with E-state index in [4.69, 9.17) is 0 Å². The number of benzene rings is 1. The monoisotopic (exact) mass is 266 g/mol. The molecule has 1 rings (SSSR count). The third kappa shape index (κ3) is 5.39. The molecule has 0 aliphatic heterocycles. The Labute approximate surface area is 114 Å². The SMILES string of the molecule is CC(C)C(=O)NC(CCN(C)C)c1ccc(F)cc1. The first-order valence-corrected chi connectivity index (χ1v) is 6.60. The minimum atomic E-state index is -0.259. The Bertz CT molecular complexity index is 401. The Balaban J connectivity index is 2.79. The van der Waals surface area contributed by atoms with Crippen LogP contribution in [0.5, 0.6) is 0 Å². The van der Waals surface area contributed by atoms with E-state index in [0.29, 0.717) is 0 Å². The molecule has 4 heteroatoms. The third-order valence-electron chi connectivity index (χ3n) is 2.98. The van der Waals surface area contributed by atoms with Crippen LogP contribution in [0.2, 0.25) is 0 Å². The summed E-state index contributed by atoms with van der Waals surface area (Å²) in [4.78, 5) is 13.9. The second-order valence-electron chi connectivity index (χ2n) is 5.36. The van der Waals surface area contributed by atoms with Gasteiger partial charge in [-0.2, -0.15) is 0 Å². The van der Waals surface area contributed by atoms with Gasteiger partial charge < -0.3 is 10.2 Å². The third-order valence-corrected chi connectivity index (χ3v) is 2.98. The van der Waals surface area contributed by atoms with Gasteiger partial charge in [0.15, 0.2) is 0 Å². The Hall–Kier alpha value is -1.42. The van der Waals surface area contributed by atoms with Crippen molar-refractivity contribution >= 4 is 5.91 Å². The standard InChI is InChI=1S/C15H23FN2O/c1-11(2)15(19)17-14(9-10-18(3)4)12-5-7-13(16)8-6-12/h5-8,11,14H,9-10H2,1-4H3,(H,17,19). The van der Waals surface area contributed by atoms with E-state index in [1.54, 1.807) is 12.1 Å². The van der Waals surface area contributed by atoms with Gasteiger partial charge in [0.25, 0.3) is 0 Å². The number of amides is 1. The van der Waals surface area contributed by atoms with Gasteiger partial charge in [-0.25, -0.2) is 4.39 Å². The fourth-order valence-corrected chi connectivity index (χ4v) is 1.74. The second kappa shape index (κ2) is 7.24. The molecule has 1 aromatic carbocycles. The highest BCUT2D eigenvalue weighted by atomic mass is 19.1. The van der Waals surface area contributed by atoms with Gasteiger partial charge in [-0.1, -0.05) is 26.0 Å². The number of hydrogen-bond donors (Lipinski definition) is 1. The maximum absolute atomic E-state index is 13.0. The van der Waals surface area contributed by atoms with Gasteiger partial charge in [-0.05, 0) is 44.8 Å². The highest BCUT2D eigenvalue weighted by Gasteiger charge is 2.16. The van der Waals surface area contributed by atoms with Crippen LogP contribution in [-0.2, 0) is 4.79 Å². The van der Waals surface area contributed by atoms with Crippen molar-refractivity contribution in [1.29, 1.82) is 0 Å². The predicted octanol–water partition coefficient (Wildman–Crippen LogP) is 2.59. The van der Waals surface area contributed by atoms with E-state index in [1.807, 2.05) is 27.9 Å². The molecule has 0 fully saturated rings. The van der Waals surface area contributed by atoms with Crippen LogP contribution in [0.1, 0.15) is 31.9 Å². The molecule has 1 N–H and O–H groups in total. The highest BCUT2D eigenvalue weighted by Crippen LogP contribution is 2.18. The first-order valence-electron chi connectivity index (χ1n) is 6.60. The van der Waals surface area contributed by atoms with Crippen LogP contribution in [0.3, 0.4) is 0 Å². The van der Waals surface area contributed by atoms with Crippen molar-refractivity contribution in [2.45, 2.75) is 26.3 Å². The molecular formula is C15H23FN2O. The lowest BCUT2D eigenvalue weighted by atomic mass is 10.0. The van der Waals surface area contributed by atoms with Crippen molar-refractivity contribution in [1.82, 2.24) is 10.2 Å². The van der Waals surface area contributed by atoms with Gasteiger partial charge in [0.1, 0.15) is 5.82 Å². The lowest BCUT2D eigenvalue weighted by Crippen LogP contribution is -2.33. The second-order valence-corrected chi connectivity index (χ2v) is 5.36. The molecule has 0 radical (unpaired) electrons. The normalized spacial score (nSPS) is 12.8. The van der Waals surface area contributed by atoms with Gasteiger partial charge in [-0.15, -0.1) is 0 Å². The molecule has 0 heterocycles. The smallest absolute Gasteiger partial charge is 0.223 e. The van der Waals surface area contributed by atoms with E-state index < -0.39 is 0 Å². The lowest BCUT2D eigenvalue weighted by Gasteiger charge is -2.22. The van der Waals surface area contributed by atoms with E-state index in [9.17, 15) is 9.18 Å². The van der Waals surface area contributed by atoms with Crippen LogP contribution >= 0.6 is 0 Å². The van der Waals surface area contributed by atoms with Crippen LogP contribution in [0.25, 0.3) is 0 Å². The maximum atomic E-state index is 13.0. The molecule has 19 heavy (non-hydrogen) atoms. The largest absolute Gasteiger partial charge is 0.349 e. The summed E-state index contributed by atoms with van der Waals surface area (Å²) in [5.74, 6) is -0.291. The number of carbonyl (C=O) groups excluding carboxylic acids is 1. The highest BCUT2D eigenvalue weighted by molar-refractivity contribution is 5.78. The molecule has 0 bridgehead atoms. The van der Waals surface area contributed by atoms with Crippen LogP contribution in [0.4, 0.5) is 4.39 Å². The number of halogens is 1. The number of nitrogens with zero attached hydrogens (tertiary/aromatic N) is 1. The molecule has 0 aliphatic rings. The minimum Gasteiger partial charge on any atom is -0.349 e. The molecular weight excluding hydrogens is 243 g/mol. The van der Waals surface area contributed by atoms with Crippen LogP contribution in [0, 0.1) is 11.7 Å². The fraction of sp³-hybridized carbons (Fsp3) is 0.533. The Kier molecular flexibility index (Phi) is 5.96. The average Bonchev–Trinajstić information content (AvgIpc) is 2.35. The molecule has 0 saturated carbocycles. The molecule has 106 valence electrons. The molecule has 1 atom stereocenters. The van der Waals surface area contributed by atoms with E-state index in [1.165, 1.54) is 12.1 Å². The number of nitrogens with one attached hydrogen (secondary N) is 1. The maximum Gasteiger partial charge on any atom is 0.223 e. The zero-order valence-corrected chi connectivity index (χ0v) is 12.1. The van der Waals surface area contributed by atoms with Crippen molar-refractivity contribution in [2.24, 2.45) is 5.92 Å². The van der Waals surface area contributed by atoms with Crippen LogP contribution in [0.15, 0.2) is 24.3 Å². The van der Waals surface area contributed by atoms with Crippen molar-refractivity contribution < 1.29 is 9.18 Å². The fourth-order valence-electron chi connectivity index (χ4n) is 1.74. The summed E-state index contributed by atoms with van der Waals surface area (Å²) in [7, 11) is 3.98. The summed E-state index contributed by atoms with van der Waals surface area (Å²) >= 11 is 0. The molecule has 3 nitrogen and oxygen atoms in total. The molecule has 1 amide bonds. The first kappa shape index (κ1) is 15.6. The summed E-state index contributed by atoms with van der Waals surface area (Å²) in [5.41, 5.74) is 0.942. The molecule has 1 aromatic rings. The zero-order chi connectivity index (χ0) is 14.4. The van der Waals surface area contributed by atoms with E-state index in [-0.39, 0.29) is 23.7 Å². The predicted molar refractivity (Wildman–Crippen MR) is 75.3 cm³/mol. The van der Waals surface area contributed by atoms with Crippen LogP contribution < -0.4 is 5.32 Å². The molecule has 0 aromatic heterocycles. The van der Waals surface area contributed by atoms with E-state index in [0.717, 1.165) is 18.5 Å². The summed E-state index contributed by atoms with van der Waals surface area (Å²) in [6.07, 6.45) is 0.803. The van der Waals surface area contributed by atoms with Crippen LogP contribution in [-0.4, -0.2) is 31.4 Å². The first-order chi connectivity index (χ1) is 8.90. The van der Waals surface area contributed by atoms with Gasteiger partial charge in [-0.3, -0.25) is 4.79 Å². The number of rotatable bonds is 6. The molecule has 0 spiro atoms. The Morgan fingerprint density at radius 1 is 1.26 bits per heavy atom. The van der Waals surface area contributed by atoms with E-state index in [2.05, 4.69) is 10.2 Å².